The number of amides is 1. The topological polar surface area (TPSA) is 73.7 Å². The van der Waals surface area contributed by atoms with Crippen molar-refractivity contribution in [2.24, 2.45) is 0 Å². The van der Waals surface area contributed by atoms with Gasteiger partial charge >= 0.3 is 5.97 Å². The second-order valence-electron chi connectivity index (χ2n) is 10.1. The molecule has 1 aliphatic carbocycles. The Bertz CT molecular complexity index is 1330. The van der Waals surface area contributed by atoms with Crippen LogP contribution < -0.4 is 4.90 Å². The third-order valence-electron chi connectivity index (χ3n) is 7.71. The van der Waals surface area contributed by atoms with Crippen LogP contribution in [0, 0.1) is 11.6 Å². The number of piperidine rings is 1. The zero-order valence-corrected chi connectivity index (χ0v) is 21.8. The van der Waals surface area contributed by atoms with Gasteiger partial charge in [-0.1, -0.05) is 6.07 Å². The maximum absolute atomic E-state index is 14.2. The van der Waals surface area contributed by atoms with Gasteiger partial charge in [-0.2, -0.15) is 0 Å². The van der Waals surface area contributed by atoms with Crippen LogP contribution in [0.4, 0.5) is 14.5 Å². The number of imidazole rings is 1. The number of benzene rings is 2. The molecule has 0 N–H and O–H groups in total. The molecule has 0 bridgehead atoms. The van der Waals surface area contributed by atoms with E-state index in [4.69, 9.17) is 14.5 Å². The maximum atomic E-state index is 14.2. The van der Waals surface area contributed by atoms with Gasteiger partial charge in [0.1, 0.15) is 5.82 Å². The zero-order chi connectivity index (χ0) is 26.8. The summed E-state index contributed by atoms with van der Waals surface area (Å²) < 4.78 is 40.9. The van der Waals surface area contributed by atoms with Crippen molar-refractivity contribution < 1.29 is 27.8 Å². The Morgan fingerprint density at radius 1 is 1.05 bits per heavy atom. The van der Waals surface area contributed by atoms with Crippen LogP contribution in [0.3, 0.4) is 0 Å². The standard InChI is InChI=1S/C29H33F2N3O4/c1-3-38-28(36)16-18-7-14-25-24(15-18)32-29(34(25)19-8-11-21(37-2)12-9-19)26-5-4-6-27(35)33(26)20-10-13-22(30)23(31)17-20/h7,10,13-15,17,19,21,26H,3-6,8-9,11-12,16H2,1-2H3. The van der Waals surface area contributed by atoms with Gasteiger partial charge in [0.15, 0.2) is 11.6 Å². The van der Waals surface area contributed by atoms with E-state index in [2.05, 4.69) is 4.57 Å². The zero-order valence-electron chi connectivity index (χ0n) is 21.8. The van der Waals surface area contributed by atoms with E-state index in [1.54, 1.807) is 18.9 Å². The minimum atomic E-state index is -0.991. The van der Waals surface area contributed by atoms with E-state index in [-0.39, 0.29) is 30.4 Å². The molecule has 1 saturated heterocycles. The highest BCUT2D eigenvalue weighted by Crippen LogP contribution is 2.41. The minimum absolute atomic E-state index is 0.142. The molecule has 5 rings (SSSR count). The number of anilines is 1. The van der Waals surface area contributed by atoms with Gasteiger partial charge in [0, 0.05) is 31.3 Å². The summed E-state index contributed by atoms with van der Waals surface area (Å²) in [4.78, 5) is 31.9. The molecule has 38 heavy (non-hydrogen) atoms. The summed E-state index contributed by atoms with van der Waals surface area (Å²) in [7, 11) is 1.74. The summed E-state index contributed by atoms with van der Waals surface area (Å²) >= 11 is 0. The molecule has 7 nitrogen and oxygen atoms in total. The van der Waals surface area contributed by atoms with Gasteiger partial charge in [-0.3, -0.25) is 9.59 Å². The van der Waals surface area contributed by atoms with Crippen molar-refractivity contribution in [3.8, 4) is 0 Å². The first-order valence-electron chi connectivity index (χ1n) is 13.4. The molecule has 1 unspecified atom stereocenters. The van der Waals surface area contributed by atoms with Crippen LogP contribution >= 0.6 is 0 Å². The average molecular weight is 526 g/mol. The lowest BCUT2D eigenvalue weighted by atomic mass is 9.91. The highest BCUT2D eigenvalue weighted by molar-refractivity contribution is 5.95. The molecule has 2 aromatic carbocycles. The van der Waals surface area contributed by atoms with E-state index in [1.165, 1.54) is 6.07 Å². The lowest BCUT2D eigenvalue weighted by Crippen LogP contribution is -2.40. The first-order chi connectivity index (χ1) is 18.4. The van der Waals surface area contributed by atoms with E-state index in [9.17, 15) is 18.4 Å². The summed E-state index contributed by atoms with van der Waals surface area (Å²) in [6, 6.07) is 9.11. The number of hydrogen-bond donors (Lipinski definition) is 0. The average Bonchev–Trinajstić information content (AvgIpc) is 3.29. The number of aromatic nitrogens is 2. The monoisotopic (exact) mass is 525 g/mol. The molecule has 3 aromatic rings. The quantitative estimate of drug-likeness (QED) is 0.364. The molecule has 1 atom stereocenters. The first-order valence-corrected chi connectivity index (χ1v) is 13.4. The number of methoxy groups -OCH3 is 1. The van der Waals surface area contributed by atoms with Gasteiger partial charge in [-0.15, -0.1) is 0 Å². The molecule has 0 spiro atoms. The SMILES string of the molecule is CCOC(=O)Cc1ccc2c(c1)nc(C1CCCC(=O)N1c1ccc(F)c(F)c1)n2C1CCC(OC)CC1. The van der Waals surface area contributed by atoms with Crippen molar-refractivity contribution in [3.63, 3.8) is 0 Å². The van der Waals surface area contributed by atoms with Crippen molar-refractivity contribution in [1.82, 2.24) is 9.55 Å². The van der Waals surface area contributed by atoms with Crippen molar-refractivity contribution in [2.75, 3.05) is 18.6 Å². The summed E-state index contributed by atoms with van der Waals surface area (Å²) in [5.74, 6) is -1.66. The fourth-order valence-electron chi connectivity index (χ4n) is 5.88. The molecule has 2 heterocycles. The van der Waals surface area contributed by atoms with Crippen molar-refractivity contribution in [3.05, 3.63) is 59.4 Å². The van der Waals surface area contributed by atoms with Gasteiger partial charge in [-0.25, -0.2) is 13.8 Å². The number of fused-ring (bicyclic) bond motifs is 1. The number of hydrogen-bond acceptors (Lipinski definition) is 5. The predicted octanol–water partition coefficient (Wildman–Crippen LogP) is 5.81. The molecule has 1 saturated carbocycles. The number of rotatable bonds is 7. The summed E-state index contributed by atoms with van der Waals surface area (Å²) in [5, 5.41) is 0. The van der Waals surface area contributed by atoms with Gasteiger partial charge < -0.3 is 18.9 Å². The summed E-state index contributed by atoms with van der Waals surface area (Å²) in [6.07, 6.45) is 5.65. The van der Waals surface area contributed by atoms with E-state index in [0.717, 1.165) is 60.2 Å². The molecule has 2 aliphatic rings. The fourth-order valence-corrected chi connectivity index (χ4v) is 5.88. The second kappa shape index (κ2) is 11.2. The Labute approximate surface area is 220 Å². The Hall–Kier alpha value is -3.33. The maximum Gasteiger partial charge on any atom is 0.310 e. The molecule has 0 radical (unpaired) electrons. The fraction of sp³-hybridized carbons (Fsp3) is 0.483. The summed E-state index contributed by atoms with van der Waals surface area (Å²) in [5.41, 5.74) is 2.78. The Morgan fingerprint density at radius 3 is 2.55 bits per heavy atom. The number of carbonyl (C=O) groups excluding carboxylic acids is 2. The largest absolute Gasteiger partial charge is 0.466 e. The van der Waals surface area contributed by atoms with Crippen LogP contribution in [0.2, 0.25) is 0 Å². The van der Waals surface area contributed by atoms with Crippen LogP contribution in [-0.4, -0.2) is 41.2 Å². The van der Waals surface area contributed by atoms with Crippen LogP contribution in [0.15, 0.2) is 36.4 Å². The normalized spacial score (nSPS) is 22.2. The lowest BCUT2D eigenvalue weighted by Gasteiger charge is -2.37. The molecule has 1 aliphatic heterocycles. The predicted molar refractivity (Wildman–Crippen MR) is 139 cm³/mol. The Balaban J connectivity index is 1.60. The smallest absolute Gasteiger partial charge is 0.310 e. The molecule has 2 fully saturated rings. The third-order valence-corrected chi connectivity index (χ3v) is 7.71. The number of nitrogens with zero attached hydrogens (tertiary/aromatic N) is 3. The van der Waals surface area contributed by atoms with Crippen molar-refractivity contribution >= 4 is 28.6 Å². The number of ether oxygens (including phenoxy) is 2. The second-order valence-corrected chi connectivity index (χ2v) is 10.1. The lowest BCUT2D eigenvalue weighted by molar-refractivity contribution is -0.142. The molecular formula is C29H33F2N3O4. The van der Waals surface area contributed by atoms with Crippen LogP contribution in [0.5, 0.6) is 0 Å². The van der Waals surface area contributed by atoms with E-state index in [1.807, 2.05) is 18.2 Å². The van der Waals surface area contributed by atoms with Gasteiger partial charge in [-0.05, 0) is 75.3 Å². The number of halogens is 2. The van der Waals surface area contributed by atoms with Gasteiger partial charge in [0.2, 0.25) is 5.91 Å². The molecule has 9 heteroatoms. The highest BCUT2D eigenvalue weighted by Gasteiger charge is 2.36. The van der Waals surface area contributed by atoms with E-state index >= 15 is 0 Å². The number of carbonyl (C=O) groups is 2. The molecule has 1 amide bonds. The Kier molecular flexibility index (Phi) is 7.74. The van der Waals surface area contributed by atoms with E-state index < -0.39 is 17.7 Å². The van der Waals surface area contributed by atoms with E-state index in [0.29, 0.717) is 31.6 Å². The van der Waals surface area contributed by atoms with Crippen molar-refractivity contribution in [2.45, 2.75) is 76.5 Å². The molecular weight excluding hydrogens is 492 g/mol. The Morgan fingerprint density at radius 2 is 1.84 bits per heavy atom. The van der Waals surface area contributed by atoms with Crippen molar-refractivity contribution in [1.29, 1.82) is 0 Å². The van der Waals surface area contributed by atoms with Crippen LogP contribution in [0.1, 0.15) is 75.3 Å². The van der Waals surface area contributed by atoms with Gasteiger partial charge in [0.05, 0.1) is 36.2 Å². The molecule has 1 aromatic heterocycles. The van der Waals surface area contributed by atoms with Crippen LogP contribution in [-0.2, 0) is 25.5 Å². The molecule has 202 valence electrons. The van der Waals surface area contributed by atoms with Crippen LogP contribution in [0.25, 0.3) is 11.0 Å². The third kappa shape index (κ3) is 5.16. The number of esters is 1. The van der Waals surface area contributed by atoms with Gasteiger partial charge in [0.25, 0.3) is 0 Å². The highest BCUT2D eigenvalue weighted by atomic mass is 19.2. The minimum Gasteiger partial charge on any atom is -0.466 e. The summed E-state index contributed by atoms with van der Waals surface area (Å²) in [6.45, 7) is 2.09. The first kappa shape index (κ1) is 26.3.